The van der Waals surface area contributed by atoms with Crippen LogP contribution in [0.2, 0.25) is 0 Å². The number of carbonyl (C=O) groups excluding carboxylic acids is 2. The van der Waals surface area contributed by atoms with Gasteiger partial charge in [0.2, 0.25) is 0 Å². The zero-order valence-corrected chi connectivity index (χ0v) is 8.33. The predicted molar refractivity (Wildman–Crippen MR) is 47.0 cm³/mol. The van der Waals surface area contributed by atoms with E-state index in [0.717, 1.165) is 0 Å². The van der Waals surface area contributed by atoms with Crippen molar-refractivity contribution in [3.8, 4) is 0 Å². The van der Waals surface area contributed by atoms with Gasteiger partial charge in [0.1, 0.15) is 6.61 Å². The van der Waals surface area contributed by atoms with Crippen LogP contribution in [0, 0.1) is 5.92 Å². The third-order valence-electron chi connectivity index (χ3n) is 1.47. The molecule has 0 heterocycles. The van der Waals surface area contributed by atoms with Crippen molar-refractivity contribution in [2.45, 2.75) is 27.2 Å². The molecule has 13 heavy (non-hydrogen) atoms. The average molecular weight is 188 g/mol. The molecule has 1 unspecified atom stereocenters. The maximum atomic E-state index is 11.0. The second-order valence-corrected chi connectivity index (χ2v) is 2.69. The molecule has 76 valence electrons. The van der Waals surface area contributed by atoms with Crippen LogP contribution < -0.4 is 0 Å². The average Bonchev–Trinajstić information content (AvgIpc) is 2.13. The Hall–Kier alpha value is -1.06. The normalized spacial score (nSPS) is 11.9. The fraction of sp³-hybridized carbons (Fsp3) is 0.778. The minimum Gasteiger partial charge on any atom is -0.466 e. The van der Waals surface area contributed by atoms with Crippen molar-refractivity contribution in [3.63, 3.8) is 0 Å². The molecule has 4 heteroatoms. The molecule has 0 N–H and O–H groups in total. The van der Waals surface area contributed by atoms with Gasteiger partial charge in [-0.15, -0.1) is 0 Å². The molecule has 0 radical (unpaired) electrons. The topological polar surface area (TPSA) is 52.6 Å². The van der Waals surface area contributed by atoms with Crippen LogP contribution >= 0.6 is 0 Å². The maximum absolute atomic E-state index is 11.0. The van der Waals surface area contributed by atoms with Crippen LogP contribution in [0.5, 0.6) is 0 Å². The van der Waals surface area contributed by atoms with Gasteiger partial charge in [-0.3, -0.25) is 9.59 Å². The molecule has 4 nitrogen and oxygen atoms in total. The van der Waals surface area contributed by atoms with E-state index in [4.69, 9.17) is 9.47 Å². The molecular weight excluding hydrogens is 172 g/mol. The van der Waals surface area contributed by atoms with Crippen molar-refractivity contribution < 1.29 is 19.1 Å². The summed E-state index contributed by atoms with van der Waals surface area (Å²) in [4.78, 5) is 21.8. The van der Waals surface area contributed by atoms with Crippen LogP contribution in [0.1, 0.15) is 27.2 Å². The molecule has 0 fully saturated rings. The van der Waals surface area contributed by atoms with E-state index in [-0.39, 0.29) is 24.5 Å². The van der Waals surface area contributed by atoms with Crippen molar-refractivity contribution in [3.05, 3.63) is 0 Å². The van der Waals surface area contributed by atoms with Crippen molar-refractivity contribution in [2.24, 2.45) is 5.92 Å². The molecule has 0 aromatic heterocycles. The summed E-state index contributed by atoms with van der Waals surface area (Å²) in [5.41, 5.74) is 0. The zero-order valence-electron chi connectivity index (χ0n) is 8.33. The molecule has 0 rings (SSSR count). The molecule has 1 atom stereocenters. The zero-order chi connectivity index (χ0) is 10.3. The lowest BCUT2D eigenvalue weighted by molar-refractivity contribution is -0.153. The minimum absolute atomic E-state index is 0.103. The van der Waals surface area contributed by atoms with Crippen LogP contribution in [0.15, 0.2) is 0 Å². The molecule has 0 aliphatic carbocycles. The van der Waals surface area contributed by atoms with Crippen LogP contribution in [-0.2, 0) is 19.1 Å². The first-order valence-electron chi connectivity index (χ1n) is 4.44. The Labute approximate surface area is 78.2 Å². The Balaban J connectivity index is 3.67. The molecule has 0 saturated carbocycles. The monoisotopic (exact) mass is 188 g/mol. The summed E-state index contributed by atoms with van der Waals surface area (Å²) in [6.07, 6.45) is 0.329. The summed E-state index contributed by atoms with van der Waals surface area (Å²) < 4.78 is 9.52. The molecule has 0 bridgehead atoms. The molecule has 0 amide bonds. The quantitative estimate of drug-likeness (QED) is 0.607. The third kappa shape index (κ3) is 5.22. The number of hydrogen-bond donors (Lipinski definition) is 0. The fourth-order valence-electron chi connectivity index (χ4n) is 0.673. The van der Waals surface area contributed by atoms with Gasteiger partial charge in [-0.25, -0.2) is 0 Å². The van der Waals surface area contributed by atoms with Gasteiger partial charge >= 0.3 is 11.9 Å². The SMILES string of the molecule is CCOC(=O)C(C)COC(=O)CC. The Kier molecular flexibility index (Phi) is 5.93. The first-order valence-corrected chi connectivity index (χ1v) is 4.44. The first-order chi connectivity index (χ1) is 6.11. The highest BCUT2D eigenvalue weighted by atomic mass is 16.5. The van der Waals surface area contributed by atoms with E-state index in [1.807, 2.05) is 0 Å². The summed E-state index contributed by atoms with van der Waals surface area (Å²) in [5.74, 6) is -1.00. The van der Waals surface area contributed by atoms with Gasteiger partial charge in [0.05, 0.1) is 12.5 Å². The Bertz CT molecular complexity index is 176. The van der Waals surface area contributed by atoms with Gasteiger partial charge in [0.15, 0.2) is 0 Å². The van der Waals surface area contributed by atoms with E-state index in [1.165, 1.54) is 0 Å². The van der Waals surface area contributed by atoms with Gasteiger partial charge in [-0.1, -0.05) is 6.92 Å². The van der Waals surface area contributed by atoms with Crippen molar-refractivity contribution >= 4 is 11.9 Å². The molecule has 0 aliphatic heterocycles. The van der Waals surface area contributed by atoms with Crippen molar-refractivity contribution in [1.29, 1.82) is 0 Å². The minimum atomic E-state index is -0.379. The second kappa shape index (κ2) is 6.46. The molecule has 0 aromatic carbocycles. The summed E-state index contributed by atoms with van der Waals surface area (Å²) in [6, 6.07) is 0. The Morgan fingerprint density at radius 3 is 2.31 bits per heavy atom. The summed E-state index contributed by atoms with van der Waals surface area (Å²) >= 11 is 0. The van der Waals surface area contributed by atoms with Gasteiger partial charge in [-0.2, -0.15) is 0 Å². The third-order valence-corrected chi connectivity index (χ3v) is 1.47. The summed E-state index contributed by atoms with van der Waals surface area (Å²) in [7, 11) is 0. The van der Waals surface area contributed by atoms with E-state index in [0.29, 0.717) is 13.0 Å². The van der Waals surface area contributed by atoms with Crippen LogP contribution in [-0.4, -0.2) is 25.2 Å². The largest absolute Gasteiger partial charge is 0.466 e. The van der Waals surface area contributed by atoms with Gasteiger partial charge in [0, 0.05) is 6.42 Å². The molecule has 0 aliphatic rings. The lowest BCUT2D eigenvalue weighted by Gasteiger charge is -2.10. The number of hydrogen-bond acceptors (Lipinski definition) is 4. The summed E-state index contributed by atoms with van der Waals surface area (Å²) in [6.45, 7) is 5.57. The van der Waals surface area contributed by atoms with Gasteiger partial charge < -0.3 is 9.47 Å². The van der Waals surface area contributed by atoms with Crippen LogP contribution in [0.25, 0.3) is 0 Å². The smallest absolute Gasteiger partial charge is 0.312 e. The number of carbonyl (C=O) groups is 2. The van der Waals surface area contributed by atoms with Crippen LogP contribution in [0.4, 0.5) is 0 Å². The maximum Gasteiger partial charge on any atom is 0.312 e. The van der Waals surface area contributed by atoms with Crippen molar-refractivity contribution in [2.75, 3.05) is 13.2 Å². The van der Waals surface area contributed by atoms with E-state index in [1.54, 1.807) is 20.8 Å². The standard InChI is InChI=1S/C9H16O4/c1-4-8(10)13-6-7(3)9(11)12-5-2/h7H,4-6H2,1-3H3. The van der Waals surface area contributed by atoms with Crippen LogP contribution in [0.3, 0.4) is 0 Å². The van der Waals surface area contributed by atoms with E-state index in [9.17, 15) is 9.59 Å². The highest BCUT2D eigenvalue weighted by Crippen LogP contribution is 2.00. The van der Waals surface area contributed by atoms with Crippen molar-refractivity contribution in [1.82, 2.24) is 0 Å². The lowest BCUT2D eigenvalue weighted by atomic mass is 10.2. The molecule has 0 aromatic rings. The molecule has 0 spiro atoms. The van der Waals surface area contributed by atoms with E-state index >= 15 is 0 Å². The van der Waals surface area contributed by atoms with Gasteiger partial charge in [-0.05, 0) is 13.8 Å². The second-order valence-electron chi connectivity index (χ2n) is 2.69. The number of esters is 2. The van der Waals surface area contributed by atoms with E-state index < -0.39 is 0 Å². The van der Waals surface area contributed by atoms with E-state index in [2.05, 4.69) is 0 Å². The number of ether oxygens (including phenoxy) is 2. The fourth-order valence-corrected chi connectivity index (χ4v) is 0.673. The number of rotatable bonds is 5. The highest BCUT2D eigenvalue weighted by molar-refractivity contribution is 5.73. The van der Waals surface area contributed by atoms with Gasteiger partial charge in [0.25, 0.3) is 0 Å². The first kappa shape index (κ1) is 11.9. The lowest BCUT2D eigenvalue weighted by Crippen LogP contribution is -2.21. The highest BCUT2D eigenvalue weighted by Gasteiger charge is 2.15. The molecule has 0 saturated heterocycles. The Morgan fingerprint density at radius 2 is 1.85 bits per heavy atom. The predicted octanol–water partition coefficient (Wildman–Crippen LogP) is 1.14. The Morgan fingerprint density at radius 1 is 1.23 bits per heavy atom. The summed E-state index contributed by atoms with van der Waals surface area (Å²) in [5, 5.41) is 0. The molecular formula is C9H16O4.